The Kier molecular flexibility index (Phi) is 4.58. The van der Waals surface area contributed by atoms with Crippen LogP contribution in [0.25, 0.3) is 10.8 Å². The maximum Gasteiger partial charge on any atom is 0.188 e. The first-order chi connectivity index (χ1) is 10.4. The molecule has 4 nitrogen and oxygen atoms in total. The molecule has 0 aliphatic carbocycles. The van der Waals surface area contributed by atoms with Crippen molar-refractivity contribution in [2.75, 3.05) is 45.0 Å². The van der Waals surface area contributed by atoms with E-state index >= 15 is 0 Å². The SMILES string of the molecule is COCOc1ccc2cc(N3CCCNCC3)ccc2c1. The van der Waals surface area contributed by atoms with Gasteiger partial charge in [-0.15, -0.1) is 0 Å². The summed E-state index contributed by atoms with van der Waals surface area (Å²) in [6.45, 7) is 4.64. The zero-order chi connectivity index (χ0) is 14.5. The molecule has 1 saturated heterocycles. The fourth-order valence-corrected chi connectivity index (χ4v) is 2.73. The summed E-state index contributed by atoms with van der Waals surface area (Å²) in [5, 5.41) is 5.88. The average Bonchev–Trinajstić information content (AvgIpc) is 2.81. The third-order valence-electron chi connectivity index (χ3n) is 3.84. The van der Waals surface area contributed by atoms with Crippen LogP contribution < -0.4 is 15.0 Å². The number of methoxy groups -OCH3 is 1. The Morgan fingerprint density at radius 1 is 1.05 bits per heavy atom. The van der Waals surface area contributed by atoms with Gasteiger partial charge >= 0.3 is 0 Å². The number of hydrogen-bond acceptors (Lipinski definition) is 4. The molecule has 0 saturated carbocycles. The van der Waals surface area contributed by atoms with E-state index in [-0.39, 0.29) is 6.79 Å². The Balaban J connectivity index is 1.82. The molecule has 0 bridgehead atoms. The van der Waals surface area contributed by atoms with Crippen molar-refractivity contribution in [3.05, 3.63) is 36.4 Å². The highest BCUT2D eigenvalue weighted by molar-refractivity contribution is 5.87. The average molecular weight is 286 g/mol. The molecule has 0 unspecified atom stereocenters. The van der Waals surface area contributed by atoms with Crippen molar-refractivity contribution in [2.24, 2.45) is 0 Å². The van der Waals surface area contributed by atoms with Gasteiger partial charge in [-0.2, -0.15) is 0 Å². The Labute approximate surface area is 125 Å². The molecule has 112 valence electrons. The third kappa shape index (κ3) is 3.46. The summed E-state index contributed by atoms with van der Waals surface area (Å²) in [6, 6.07) is 12.8. The number of nitrogens with one attached hydrogen (secondary N) is 1. The highest BCUT2D eigenvalue weighted by Gasteiger charge is 2.10. The van der Waals surface area contributed by atoms with Crippen LogP contribution in [0.15, 0.2) is 36.4 Å². The largest absolute Gasteiger partial charge is 0.468 e. The highest BCUT2D eigenvalue weighted by Crippen LogP contribution is 2.26. The Bertz CT molecular complexity index is 592. The number of benzene rings is 2. The number of fused-ring (bicyclic) bond motifs is 1. The highest BCUT2D eigenvalue weighted by atomic mass is 16.7. The molecular formula is C17H22N2O2. The van der Waals surface area contributed by atoms with Crippen LogP contribution >= 0.6 is 0 Å². The van der Waals surface area contributed by atoms with Crippen LogP contribution in [0.5, 0.6) is 5.75 Å². The quantitative estimate of drug-likeness (QED) is 0.876. The molecule has 2 aromatic rings. The van der Waals surface area contributed by atoms with Crippen molar-refractivity contribution >= 4 is 16.5 Å². The third-order valence-corrected chi connectivity index (χ3v) is 3.84. The molecule has 0 spiro atoms. The normalized spacial score (nSPS) is 16.0. The molecule has 21 heavy (non-hydrogen) atoms. The van der Waals surface area contributed by atoms with Crippen LogP contribution in [0.1, 0.15) is 6.42 Å². The summed E-state index contributed by atoms with van der Waals surface area (Å²) in [5.41, 5.74) is 1.30. The fourth-order valence-electron chi connectivity index (χ4n) is 2.73. The van der Waals surface area contributed by atoms with E-state index in [1.807, 2.05) is 6.07 Å². The molecule has 4 heteroatoms. The molecule has 3 rings (SSSR count). The monoisotopic (exact) mass is 286 g/mol. The minimum atomic E-state index is 0.282. The van der Waals surface area contributed by atoms with Crippen LogP contribution in [0.3, 0.4) is 0 Å². The molecule has 0 aromatic heterocycles. The lowest BCUT2D eigenvalue weighted by molar-refractivity contribution is 0.0512. The van der Waals surface area contributed by atoms with Crippen LogP contribution in [-0.2, 0) is 4.74 Å². The topological polar surface area (TPSA) is 33.7 Å². The van der Waals surface area contributed by atoms with E-state index in [1.165, 1.54) is 22.9 Å². The number of ether oxygens (including phenoxy) is 2. The van der Waals surface area contributed by atoms with Gasteiger partial charge in [-0.05, 0) is 48.0 Å². The molecule has 2 aromatic carbocycles. The van der Waals surface area contributed by atoms with Gasteiger partial charge in [0.1, 0.15) is 5.75 Å². The summed E-state index contributed by atoms with van der Waals surface area (Å²) in [4.78, 5) is 2.45. The van der Waals surface area contributed by atoms with E-state index in [2.05, 4.69) is 40.5 Å². The maximum absolute atomic E-state index is 5.49. The van der Waals surface area contributed by atoms with Gasteiger partial charge in [0.05, 0.1) is 0 Å². The molecule has 0 atom stereocenters. The summed E-state index contributed by atoms with van der Waals surface area (Å²) < 4.78 is 10.4. The molecule has 0 amide bonds. The van der Waals surface area contributed by atoms with E-state index in [9.17, 15) is 0 Å². The van der Waals surface area contributed by atoms with E-state index in [1.54, 1.807) is 7.11 Å². The van der Waals surface area contributed by atoms with E-state index in [4.69, 9.17) is 9.47 Å². The van der Waals surface area contributed by atoms with Crippen molar-refractivity contribution < 1.29 is 9.47 Å². The summed E-state index contributed by atoms with van der Waals surface area (Å²) >= 11 is 0. The lowest BCUT2D eigenvalue weighted by Crippen LogP contribution is -2.27. The van der Waals surface area contributed by atoms with Gasteiger partial charge in [-0.25, -0.2) is 0 Å². The van der Waals surface area contributed by atoms with Crippen LogP contribution in [-0.4, -0.2) is 40.1 Å². The maximum atomic E-state index is 5.49. The van der Waals surface area contributed by atoms with E-state index in [0.717, 1.165) is 31.9 Å². The van der Waals surface area contributed by atoms with Gasteiger partial charge < -0.3 is 19.7 Å². The zero-order valence-electron chi connectivity index (χ0n) is 12.5. The standard InChI is InChI=1S/C17H22N2O2/c1-20-13-21-17-6-4-14-11-16(5-3-15(14)12-17)19-9-2-7-18-8-10-19/h3-6,11-12,18H,2,7-10,13H2,1H3. The summed E-state index contributed by atoms with van der Waals surface area (Å²) in [6.07, 6.45) is 1.20. The zero-order valence-corrected chi connectivity index (χ0v) is 12.5. The number of hydrogen-bond donors (Lipinski definition) is 1. The van der Waals surface area contributed by atoms with Crippen molar-refractivity contribution in [3.8, 4) is 5.75 Å². The Morgan fingerprint density at radius 2 is 1.90 bits per heavy atom. The summed E-state index contributed by atoms with van der Waals surface area (Å²) in [7, 11) is 1.63. The second kappa shape index (κ2) is 6.78. The van der Waals surface area contributed by atoms with E-state index in [0.29, 0.717) is 0 Å². The van der Waals surface area contributed by atoms with Gasteiger partial charge in [0.25, 0.3) is 0 Å². The van der Waals surface area contributed by atoms with Crippen LogP contribution in [0.2, 0.25) is 0 Å². The first kappa shape index (κ1) is 14.2. The van der Waals surface area contributed by atoms with Gasteiger partial charge in [0.15, 0.2) is 6.79 Å². The fraction of sp³-hybridized carbons (Fsp3) is 0.412. The van der Waals surface area contributed by atoms with Gasteiger partial charge in [0.2, 0.25) is 0 Å². The smallest absolute Gasteiger partial charge is 0.188 e. The first-order valence-corrected chi connectivity index (χ1v) is 7.48. The number of anilines is 1. The predicted octanol–water partition coefficient (Wildman–Crippen LogP) is 2.62. The molecule has 1 aliphatic heterocycles. The second-order valence-corrected chi connectivity index (χ2v) is 5.33. The molecular weight excluding hydrogens is 264 g/mol. The lowest BCUT2D eigenvalue weighted by Gasteiger charge is -2.22. The van der Waals surface area contributed by atoms with Crippen LogP contribution in [0, 0.1) is 0 Å². The van der Waals surface area contributed by atoms with Gasteiger partial charge in [0, 0.05) is 32.4 Å². The minimum absolute atomic E-state index is 0.282. The van der Waals surface area contributed by atoms with Crippen molar-refractivity contribution in [1.29, 1.82) is 0 Å². The van der Waals surface area contributed by atoms with Gasteiger partial charge in [-0.3, -0.25) is 0 Å². The predicted molar refractivity (Wildman–Crippen MR) is 86.2 cm³/mol. The van der Waals surface area contributed by atoms with Crippen molar-refractivity contribution in [3.63, 3.8) is 0 Å². The van der Waals surface area contributed by atoms with Crippen molar-refractivity contribution in [1.82, 2.24) is 5.32 Å². The number of nitrogens with zero attached hydrogens (tertiary/aromatic N) is 1. The second-order valence-electron chi connectivity index (χ2n) is 5.33. The number of rotatable bonds is 4. The first-order valence-electron chi connectivity index (χ1n) is 7.48. The van der Waals surface area contributed by atoms with Crippen molar-refractivity contribution in [2.45, 2.75) is 6.42 Å². The molecule has 0 radical (unpaired) electrons. The molecule has 1 fully saturated rings. The molecule has 1 N–H and O–H groups in total. The Morgan fingerprint density at radius 3 is 2.81 bits per heavy atom. The minimum Gasteiger partial charge on any atom is -0.468 e. The lowest BCUT2D eigenvalue weighted by atomic mass is 10.1. The summed E-state index contributed by atoms with van der Waals surface area (Å²) in [5.74, 6) is 0.844. The van der Waals surface area contributed by atoms with Gasteiger partial charge in [-0.1, -0.05) is 12.1 Å². The molecule has 1 heterocycles. The molecule has 1 aliphatic rings. The van der Waals surface area contributed by atoms with Crippen LogP contribution in [0.4, 0.5) is 5.69 Å². The van der Waals surface area contributed by atoms with E-state index < -0.39 is 0 Å². The Hall–Kier alpha value is -1.78.